The molecule has 1 unspecified atom stereocenters. The smallest absolute Gasteiger partial charge is 0.248 e. The first-order chi connectivity index (χ1) is 9.29. The Bertz CT molecular complexity index is 567. The first kappa shape index (κ1) is 12.2. The van der Waals surface area contributed by atoms with Crippen molar-refractivity contribution in [2.24, 2.45) is 0 Å². The number of likely N-dealkylation sites (N-methyl/N-ethyl adjacent to an activating group) is 1. The maximum absolute atomic E-state index is 12.5. The van der Waals surface area contributed by atoms with Crippen molar-refractivity contribution in [3.8, 4) is 0 Å². The zero-order valence-electron chi connectivity index (χ0n) is 10.4. The number of rotatable bonds is 3. The van der Waals surface area contributed by atoms with Crippen molar-refractivity contribution in [1.82, 2.24) is 24.6 Å². The van der Waals surface area contributed by atoms with Gasteiger partial charge in [-0.2, -0.15) is 4.37 Å². The van der Waals surface area contributed by atoms with Gasteiger partial charge in [0.05, 0.1) is 12.2 Å². The first-order valence-corrected chi connectivity index (χ1v) is 6.77. The van der Waals surface area contributed by atoms with Gasteiger partial charge >= 0.3 is 0 Å². The Balaban J connectivity index is 1.85. The minimum Gasteiger partial charge on any atom is -0.446 e. The summed E-state index contributed by atoms with van der Waals surface area (Å²) >= 11 is 1.28. The number of hydrogen-bond acceptors (Lipinski definition) is 7. The van der Waals surface area contributed by atoms with Crippen molar-refractivity contribution in [3.05, 3.63) is 29.2 Å². The summed E-state index contributed by atoms with van der Waals surface area (Å²) in [4.78, 5) is 22.5. The van der Waals surface area contributed by atoms with Crippen molar-refractivity contribution in [2.45, 2.75) is 19.0 Å². The third kappa shape index (κ3) is 2.24. The number of carbonyl (C=O) groups is 1. The number of aromatic nitrogens is 3. The van der Waals surface area contributed by atoms with Crippen LogP contribution in [-0.2, 0) is 17.8 Å². The van der Waals surface area contributed by atoms with Crippen LogP contribution in [0.2, 0.25) is 0 Å². The van der Waals surface area contributed by atoms with Crippen LogP contribution >= 0.6 is 11.5 Å². The fraction of sp³-hybridized carbons (Fsp3) is 0.455. The van der Waals surface area contributed by atoms with Gasteiger partial charge in [-0.25, -0.2) is 9.97 Å². The molecular weight excluding hydrogens is 266 g/mol. The van der Waals surface area contributed by atoms with Gasteiger partial charge < -0.3 is 14.6 Å². The molecule has 0 saturated carbocycles. The molecule has 0 aliphatic carbocycles. The highest BCUT2D eigenvalue weighted by Crippen LogP contribution is 2.24. The Kier molecular flexibility index (Phi) is 3.26. The lowest BCUT2D eigenvalue weighted by molar-refractivity contribution is -0.134. The summed E-state index contributed by atoms with van der Waals surface area (Å²) in [6.45, 7) is 1.01. The first-order valence-electron chi connectivity index (χ1n) is 5.93. The Morgan fingerprint density at radius 2 is 2.47 bits per heavy atom. The number of fused-ring (bicyclic) bond motifs is 1. The topological polar surface area (TPSA) is 84.2 Å². The SMILES string of the molecule is CNC1C(=O)N(Cc2ncsn2)CCc2ncoc21. The van der Waals surface area contributed by atoms with Crippen LogP contribution < -0.4 is 5.32 Å². The molecule has 1 aliphatic heterocycles. The number of nitrogens with zero attached hydrogens (tertiary/aromatic N) is 4. The van der Waals surface area contributed by atoms with E-state index in [-0.39, 0.29) is 5.91 Å². The van der Waals surface area contributed by atoms with Crippen LogP contribution in [0.5, 0.6) is 0 Å². The molecule has 0 saturated heterocycles. The molecule has 0 radical (unpaired) electrons. The van der Waals surface area contributed by atoms with E-state index in [2.05, 4.69) is 19.7 Å². The van der Waals surface area contributed by atoms with Crippen LogP contribution in [0.3, 0.4) is 0 Å². The predicted molar refractivity (Wildman–Crippen MR) is 67.3 cm³/mol. The molecule has 0 aromatic carbocycles. The van der Waals surface area contributed by atoms with Crippen LogP contribution in [0.15, 0.2) is 16.3 Å². The van der Waals surface area contributed by atoms with Gasteiger partial charge in [0.1, 0.15) is 11.6 Å². The summed E-state index contributed by atoms with van der Waals surface area (Å²) in [5, 5.41) is 2.98. The highest BCUT2D eigenvalue weighted by atomic mass is 32.1. The third-order valence-corrected chi connectivity index (χ3v) is 3.66. The second kappa shape index (κ2) is 5.06. The number of amides is 1. The molecule has 3 heterocycles. The summed E-state index contributed by atoms with van der Waals surface area (Å²) in [6.07, 6.45) is 2.07. The largest absolute Gasteiger partial charge is 0.446 e. The Hall–Kier alpha value is -1.80. The number of nitrogens with one attached hydrogen (secondary N) is 1. The van der Waals surface area contributed by atoms with E-state index < -0.39 is 6.04 Å². The average Bonchev–Trinajstić information content (AvgIpc) is 3.04. The lowest BCUT2D eigenvalue weighted by Gasteiger charge is -2.22. The molecule has 1 amide bonds. The predicted octanol–water partition coefficient (Wildman–Crippen LogP) is 0.371. The van der Waals surface area contributed by atoms with Gasteiger partial charge in [0.15, 0.2) is 18.0 Å². The van der Waals surface area contributed by atoms with E-state index in [9.17, 15) is 4.79 Å². The maximum atomic E-state index is 12.5. The zero-order valence-corrected chi connectivity index (χ0v) is 11.2. The van der Waals surface area contributed by atoms with Crippen LogP contribution in [0.4, 0.5) is 0 Å². The van der Waals surface area contributed by atoms with Crippen LogP contribution in [-0.4, -0.2) is 38.7 Å². The second-order valence-corrected chi connectivity index (χ2v) is 4.85. The van der Waals surface area contributed by atoms with Crippen LogP contribution in [0.25, 0.3) is 0 Å². The number of carbonyl (C=O) groups excluding carboxylic acids is 1. The molecule has 1 atom stereocenters. The molecule has 8 heteroatoms. The average molecular weight is 279 g/mol. The van der Waals surface area contributed by atoms with Gasteiger partial charge in [0.2, 0.25) is 5.91 Å². The Morgan fingerprint density at radius 1 is 1.58 bits per heavy atom. The molecule has 3 rings (SSSR count). The quantitative estimate of drug-likeness (QED) is 0.874. The lowest BCUT2D eigenvalue weighted by atomic mass is 10.1. The molecule has 2 aromatic rings. The van der Waals surface area contributed by atoms with E-state index in [1.165, 1.54) is 17.9 Å². The molecule has 7 nitrogen and oxygen atoms in total. The van der Waals surface area contributed by atoms with Gasteiger partial charge in [0.25, 0.3) is 0 Å². The molecule has 19 heavy (non-hydrogen) atoms. The minimum atomic E-state index is -0.487. The summed E-state index contributed by atoms with van der Waals surface area (Å²) in [5.41, 5.74) is 2.50. The second-order valence-electron chi connectivity index (χ2n) is 4.24. The molecular formula is C11H13N5O2S. The number of oxazole rings is 1. The molecule has 1 aliphatic rings. The van der Waals surface area contributed by atoms with Crippen molar-refractivity contribution in [1.29, 1.82) is 0 Å². The fourth-order valence-electron chi connectivity index (χ4n) is 2.19. The van der Waals surface area contributed by atoms with E-state index in [0.29, 0.717) is 31.1 Å². The summed E-state index contributed by atoms with van der Waals surface area (Å²) in [5.74, 6) is 1.24. The molecule has 1 N–H and O–H groups in total. The molecule has 0 bridgehead atoms. The normalized spacial score (nSPS) is 19.3. The van der Waals surface area contributed by atoms with Gasteiger partial charge in [-0.05, 0) is 18.6 Å². The number of hydrogen-bond donors (Lipinski definition) is 1. The highest BCUT2D eigenvalue weighted by Gasteiger charge is 2.33. The third-order valence-electron chi connectivity index (χ3n) is 3.14. The van der Waals surface area contributed by atoms with Crippen molar-refractivity contribution >= 4 is 17.4 Å². The van der Waals surface area contributed by atoms with Gasteiger partial charge in [-0.3, -0.25) is 4.79 Å². The summed E-state index contributed by atoms with van der Waals surface area (Å²) in [6, 6.07) is -0.487. The van der Waals surface area contributed by atoms with Crippen molar-refractivity contribution in [2.75, 3.05) is 13.6 Å². The highest BCUT2D eigenvalue weighted by molar-refractivity contribution is 7.03. The standard InChI is InChI=1S/C11H13N5O2S/c1-12-9-10-7(13-5-18-10)2-3-16(11(9)17)4-8-14-6-19-15-8/h5-6,9,12H,2-4H2,1H3. The van der Waals surface area contributed by atoms with Gasteiger partial charge in [-0.15, -0.1) is 0 Å². The van der Waals surface area contributed by atoms with Crippen molar-refractivity contribution < 1.29 is 9.21 Å². The molecule has 2 aromatic heterocycles. The fourth-order valence-corrected chi connectivity index (χ4v) is 2.63. The van der Waals surface area contributed by atoms with Gasteiger partial charge in [-0.1, -0.05) is 0 Å². The van der Waals surface area contributed by atoms with E-state index >= 15 is 0 Å². The lowest BCUT2D eigenvalue weighted by Crippen LogP contribution is -2.38. The molecule has 100 valence electrons. The van der Waals surface area contributed by atoms with Crippen molar-refractivity contribution in [3.63, 3.8) is 0 Å². The maximum Gasteiger partial charge on any atom is 0.248 e. The Morgan fingerprint density at radius 3 is 3.21 bits per heavy atom. The summed E-state index contributed by atoms with van der Waals surface area (Å²) < 4.78 is 9.48. The van der Waals surface area contributed by atoms with E-state index in [1.54, 1.807) is 17.5 Å². The summed E-state index contributed by atoms with van der Waals surface area (Å²) in [7, 11) is 1.74. The molecule has 0 fully saturated rings. The zero-order chi connectivity index (χ0) is 13.2. The monoisotopic (exact) mass is 279 g/mol. The van der Waals surface area contributed by atoms with E-state index in [4.69, 9.17) is 4.42 Å². The molecule has 0 spiro atoms. The van der Waals surface area contributed by atoms with Crippen LogP contribution in [0, 0.1) is 0 Å². The van der Waals surface area contributed by atoms with Crippen LogP contribution in [0.1, 0.15) is 23.3 Å². The van der Waals surface area contributed by atoms with E-state index in [1.807, 2.05) is 0 Å². The minimum absolute atomic E-state index is 0.0344. The Labute approximate surface area is 113 Å². The van der Waals surface area contributed by atoms with E-state index in [0.717, 1.165) is 5.69 Å². The van der Waals surface area contributed by atoms with Gasteiger partial charge in [0, 0.05) is 13.0 Å².